The Morgan fingerprint density at radius 3 is 1.91 bits per heavy atom. The third-order valence-corrected chi connectivity index (χ3v) is 6.66. The van der Waals surface area contributed by atoms with E-state index < -0.39 is 5.41 Å². The van der Waals surface area contributed by atoms with Gasteiger partial charge in [-0.1, -0.05) is 59.4 Å². The zero-order valence-electron chi connectivity index (χ0n) is 22.2. The van der Waals surface area contributed by atoms with Crippen molar-refractivity contribution >= 4 is 11.8 Å². The van der Waals surface area contributed by atoms with Gasteiger partial charge in [0.25, 0.3) is 0 Å². The summed E-state index contributed by atoms with van der Waals surface area (Å²) in [5.41, 5.74) is 4.58. The Kier molecular flexibility index (Phi) is 14.0. The van der Waals surface area contributed by atoms with Gasteiger partial charge in [0.05, 0.1) is 6.61 Å². The van der Waals surface area contributed by atoms with Crippen LogP contribution in [0.2, 0.25) is 0 Å². The molecule has 0 aromatic carbocycles. The third-order valence-electron chi connectivity index (χ3n) is 6.66. The Balaban J connectivity index is 2.56. The molecule has 186 valence electrons. The van der Waals surface area contributed by atoms with Gasteiger partial charge in [0, 0.05) is 6.42 Å². The Bertz CT molecular complexity index is 747. The fourth-order valence-electron chi connectivity index (χ4n) is 4.39. The molecule has 1 fully saturated rings. The molecule has 1 unspecified atom stereocenters. The van der Waals surface area contributed by atoms with E-state index >= 15 is 0 Å². The van der Waals surface area contributed by atoms with Crippen molar-refractivity contribution in [2.24, 2.45) is 5.41 Å². The van der Waals surface area contributed by atoms with Crippen molar-refractivity contribution in [3.63, 3.8) is 0 Å². The van der Waals surface area contributed by atoms with Crippen LogP contribution in [0.15, 0.2) is 46.6 Å². The Labute approximate surface area is 203 Å². The molecule has 33 heavy (non-hydrogen) atoms. The highest BCUT2D eigenvalue weighted by Gasteiger charge is 2.45. The highest BCUT2D eigenvalue weighted by atomic mass is 16.5. The molecule has 1 aliphatic rings. The predicted molar refractivity (Wildman–Crippen MR) is 140 cm³/mol. The summed E-state index contributed by atoms with van der Waals surface area (Å²) in [6, 6.07) is 0. The molecule has 0 aromatic heterocycles. The van der Waals surface area contributed by atoms with Crippen LogP contribution in [0.25, 0.3) is 0 Å². The van der Waals surface area contributed by atoms with Crippen molar-refractivity contribution in [1.29, 1.82) is 0 Å². The van der Waals surface area contributed by atoms with E-state index in [4.69, 9.17) is 4.74 Å². The lowest BCUT2D eigenvalue weighted by Gasteiger charge is -2.27. The van der Waals surface area contributed by atoms with Crippen molar-refractivity contribution in [2.75, 3.05) is 6.61 Å². The molecular formula is C30H48O3. The first kappa shape index (κ1) is 29.1. The molecule has 0 aliphatic heterocycles. The van der Waals surface area contributed by atoms with E-state index in [2.05, 4.69) is 58.9 Å². The van der Waals surface area contributed by atoms with E-state index in [1.54, 1.807) is 0 Å². The number of ether oxygens (including phenoxy) is 1. The van der Waals surface area contributed by atoms with Crippen molar-refractivity contribution in [3.8, 4) is 0 Å². The van der Waals surface area contributed by atoms with Gasteiger partial charge < -0.3 is 4.74 Å². The number of hydrogen-bond donors (Lipinski definition) is 0. The number of carbonyl (C=O) groups excluding carboxylic acids is 2. The summed E-state index contributed by atoms with van der Waals surface area (Å²) in [5, 5.41) is 0. The maximum atomic E-state index is 12.9. The number of hydrogen-bond acceptors (Lipinski definition) is 3. The van der Waals surface area contributed by atoms with Crippen LogP contribution in [0.4, 0.5) is 0 Å². The Morgan fingerprint density at radius 1 is 0.818 bits per heavy atom. The van der Waals surface area contributed by atoms with Crippen LogP contribution in [-0.2, 0) is 14.3 Å². The molecule has 0 spiro atoms. The third kappa shape index (κ3) is 11.2. The van der Waals surface area contributed by atoms with Gasteiger partial charge in [-0.05, 0) is 99.3 Å². The molecule has 0 heterocycles. The van der Waals surface area contributed by atoms with Crippen LogP contribution in [0, 0.1) is 5.41 Å². The predicted octanol–water partition coefficient (Wildman–Crippen LogP) is 8.60. The quantitative estimate of drug-likeness (QED) is 0.121. The second kappa shape index (κ2) is 15.9. The highest BCUT2D eigenvalue weighted by molar-refractivity contribution is 6.04. The molecule has 0 saturated heterocycles. The molecule has 0 aromatic rings. The molecule has 1 saturated carbocycles. The Morgan fingerprint density at radius 2 is 1.36 bits per heavy atom. The molecule has 0 radical (unpaired) electrons. The topological polar surface area (TPSA) is 43.4 Å². The second-order valence-corrected chi connectivity index (χ2v) is 10.0. The zero-order chi connectivity index (χ0) is 24.7. The van der Waals surface area contributed by atoms with Crippen LogP contribution in [0.5, 0.6) is 0 Å². The summed E-state index contributed by atoms with van der Waals surface area (Å²) in [5.74, 6) is -0.247. The molecule has 0 N–H and O–H groups in total. The van der Waals surface area contributed by atoms with Crippen LogP contribution in [-0.4, -0.2) is 18.4 Å². The first-order valence-electron chi connectivity index (χ1n) is 13.0. The minimum Gasteiger partial charge on any atom is -0.465 e. The molecule has 1 aliphatic carbocycles. The van der Waals surface area contributed by atoms with Gasteiger partial charge in [-0.2, -0.15) is 0 Å². The molecule has 0 bridgehead atoms. The number of carbonyl (C=O) groups is 2. The van der Waals surface area contributed by atoms with Gasteiger partial charge in [-0.3, -0.25) is 9.59 Å². The fourth-order valence-corrected chi connectivity index (χ4v) is 4.39. The van der Waals surface area contributed by atoms with E-state index in [0.717, 1.165) is 57.8 Å². The van der Waals surface area contributed by atoms with E-state index in [0.29, 0.717) is 25.9 Å². The minimum absolute atomic E-state index is 0.0717. The average Bonchev–Trinajstić information content (AvgIpc) is 2.94. The number of allylic oxidation sites excluding steroid dienone is 8. The van der Waals surface area contributed by atoms with Crippen LogP contribution >= 0.6 is 0 Å². The number of rotatable bonds is 13. The van der Waals surface area contributed by atoms with Gasteiger partial charge >= 0.3 is 5.97 Å². The lowest BCUT2D eigenvalue weighted by Crippen LogP contribution is -2.39. The maximum Gasteiger partial charge on any atom is 0.319 e. The summed E-state index contributed by atoms with van der Waals surface area (Å²) < 4.78 is 5.34. The maximum absolute atomic E-state index is 12.9. The smallest absolute Gasteiger partial charge is 0.319 e. The largest absolute Gasteiger partial charge is 0.465 e. The normalized spacial score (nSPS) is 20.4. The van der Waals surface area contributed by atoms with Crippen LogP contribution in [0.1, 0.15) is 119 Å². The number of esters is 1. The van der Waals surface area contributed by atoms with E-state index in [-0.39, 0.29) is 11.8 Å². The molecule has 1 atom stereocenters. The summed E-state index contributed by atoms with van der Waals surface area (Å²) in [6.07, 6.45) is 20.0. The zero-order valence-corrected chi connectivity index (χ0v) is 22.2. The van der Waals surface area contributed by atoms with E-state index in [9.17, 15) is 9.59 Å². The van der Waals surface area contributed by atoms with Gasteiger partial charge in [-0.25, -0.2) is 0 Å². The van der Waals surface area contributed by atoms with Gasteiger partial charge in [-0.15, -0.1) is 0 Å². The lowest BCUT2D eigenvalue weighted by molar-refractivity contribution is -0.160. The molecule has 3 heteroatoms. The lowest BCUT2D eigenvalue weighted by atomic mass is 9.76. The molecule has 0 amide bonds. The first-order valence-corrected chi connectivity index (χ1v) is 13.0. The summed E-state index contributed by atoms with van der Waals surface area (Å²) in [4.78, 5) is 25.6. The highest BCUT2D eigenvalue weighted by Crippen LogP contribution is 2.37. The van der Waals surface area contributed by atoms with E-state index in [1.807, 2.05) is 6.92 Å². The molecule has 1 rings (SSSR count). The summed E-state index contributed by atoms with van der Waals surface area (Å²) in [7, 11) is 0. The van der Waals surface area contributed by atoms with Gasteiger partial charge in [0.2, 0.25) is 0 Å². The van der Waals surface area contributed by atoms with E-state index in [1.165, 1.54) is 22.3 Å². The average molecular weight is 457 g/mol. The second-order valence-electron chi connectivity index (χ2n) is 10.0. The summed E-state index contributed by atoms with van der Waals surface area (Å²) in [6.45, 7) is 13.0. The number of ketones is 1. The summed E-state index contributed by atoms with van der Waals surface area (Å²) >= 11 is 0. The van der Waals surface area contributed by atoms with Crippen molar-refractivity contribution in [2.45, 2.75) is 119 Å². The van der Waals surface area contributed by atoms with Crippen molar-refractivity contribution in [1.82, 2.24) is 0 Å². The van der Waals surface area contributed by atoms with Crippen LogP contribution < -0.4 is 0 Å². The standard InChI is InChI=1S/C30H48O3/c1-7-33-29(32)30(22-10-8-9-20-28(30)31)23-21-27(6)19-13-18-26(5)17-12-16-25(4)15-11-14-24(2)3/h14,16,18,21H,7-13,15,17,19-20,22-23H2,1-6H3/b25-16+,26-18+,27-21+. The number of Topliss-reactive ketones (excluding diaryl/α,β-unsaturated/α-hetero) is 1. The SMILES string of the molecule is CCOC(=O)C1(C/C=C(\C)CC/C=C(\C)CC/C=C(\C)CCC=C(C)C)CCCCCC1=O. The minimum atomic E-state index is -0.963. The van der Waals surface area contributed by atoms with Crippen LogP contribution in [0.3, 0.4) is 0 Å². The fraction of sp³-hybridized carbons (Fsp3) is 0.667. The first-order chi connectivity index (χ1) is 15.7. The van der Waals surface area contributed by atoms with Gasteiger partial charge in [0.1, 0.15) is 11.2 Å². The van der Waals surface area contributed by atoms with Crippen molar-refractivity contribution in [3.05, 3.63) is 46.6 Å². The molecular weight excluding hydrogens is 408 g/mol. The monoisotopic (exact) mass is 456 g/mol. The van der Waals surface area contributed by atoms with Crippen molar-refractivity contribution < 1.29 is 14.3 Å². The van der Waals surface area contributed by atoms with Gasteiger partial charge in [0.15, 0.2) is 0 Å². The Hall–Kier alpha value is -1.90. The molecule has 3 nitrogen and oxygen atoms in total.